The Bertz CT molecular complexity index is 460. The molecule has 0 aromatic rings. The number of hydrogen-bond donors (Lipinski definition) is 3. The van der Waals surface area contributed by atoms with Gasteiger partial charge in [0.25, 0.3) is 0 Å². The fourth-order valence-electron chi connectivity index (χ4n) is 2.95. The van der Waals surface area contributed by atoms with Crippen molar-refractivity contribution >= 4 is 40.0 Å². The quantitative estimate of drug-likeness (QED) is 0.309. The van der Waals surface area contributed by atoms with Crippen molar-refractivity contribution in [2.24, 2.45) is 10.9 Å². The first-order valence-corrected chi connectivity index (χ1v) is 10.2. The van der Waals surface area contributed by atoms with Crippen molar-refractivity contribution in [3.8, 4) is 0 Å². The lowest BCUT2D eigenvalue weighted by atomic mass is 9.86. The molecule has 0 aliphatic heterocycles. The average molecular weight is 458 g/mol. The van der Waals surface area contributed by atoms with Crippen molar-refractivity contribution < 1.29 is 8.42 Å². The molecule has 0 aromatic carbocycles. The molecule has 0 heterocycles. The van der Waals surface area contributed by atoms with E-state index in [1.54, 1.807) is 7.05 Å². The summed E-state index contributed by atoms with van der Waals surface area (Å²) in [6.45, 7) is 0.976. The number of nitrogens with zero attached hydrogens (tertiary/aromatic N) is 1. The Morgan fingerprint density at radius 3 is 2.35 bits per heavy atom. The third-order valence-corrected chi connectivity index (χ3v) is 6.00. The number of rotatable bonds is 7. The van der Waals surface area contributed by atoms with Crippen LogP contribution in [0.15, 0.2) is 4.99 Å². The average Bonchev–Trinajstić information content (AvgIpc) is 2.45. The van der Waals surface area contributed by atoms with Crippen LogP contribution in [0.4, 0.5) is 0 Å². The van der Waals surface area contributed by atoms with E-state index in [9.17, 15) is 8.42 Å². The van der Waals surface area contributed by atoms with Crippen LogP contribution in [-0.4, -0.2) is 46.3 Å². The summed E-state index contributed by atoms with van der Waals surface area (Å²) in [6.07, 6.45) is 9.70. The number of hydrogen-bond acceptors (Lipinski definition) is 3. The van der Waals surface area contributed by atoms with E-state index >= 15 is 0 Å². The van der Waals surface area contributed by atoms with E-state index in [1.165, 1.54) is 38.5 Å². The molecule has 136 valence electrons. The Kier molecular flexibility index (Phi) is 9.76. The number of halogens is 1. The summed E-state index contributed by atoms with van der Waals surface area (Å²) in [5.74, 6) is 1.34. The molecule has 0 amide bonds. The molecule has 2 aliphatic carbocycles. The largest absolute Gasteiger partial charge is 0.355 e. The van der Waals surface area contributed by atoms with E-state index in [-0.39, 0.29) is 29.7 Å². The van der Waals surface area contributed by atoms with Crippen LogP contribution in [0, 0.1) is 5.92 Å². The Morgan fingerprint density at radius 2 is 1.78 bits per heavy atom. The standard InChI is InChI=1S/C15H30N4O2S.HI/c1-16-15(19-14-8-3-2-4-9-14)17-10-11-22(20,21)18-12-13-6-5-7-13;/h13-14,18H,2-12H2,1H3,(H2,16,17,19);1H. The molecule has 0 aromatic heterocycles. The Morgan fingerprint density at radius 1 is 1.09 bits per heavy atom. The molecule has 0 spiro atoms. The fourth-order valence-corrected chi connectivity index (χ4v) is 3.96. The van der Waals surface area contributed by atoms with Crippen molar-refractivity contribution in [1.82, 2.24) is 15.4 Å². The molecule has 2 aliphatic rings. The number of nitrogens with one attached hydrogen (secondary N) is 3. The van der Waals surface area contributed by atoms with Gasteiger partial charge < -0.3 is 10.6 Å². The number of aliphatic imine (C=N–C) groups is 1. The van der Waals surface area contributed by atoms with Gasteiger partial charge in [0.15, 0.2) is 5.96 Å². The number of guanidine groups is 1. The zero-order valence-corrected chi connectivity index (χ0v) is 17.2. The van der Waals surface area contributed by atoms with E-state index in [1.807, 2.05) is 0 Å². The van der Waals surface area contributed by atoms with Gasteiger partial charge in [-0.3, -0.25) is 4.99 Å². The Labute approximate surface area is 157 Å². The first-order chi connectivity index (χ1) is 10.6. The highest BCUT2D eigenvalue weighted by Crippen LogP contribution is 2.25. The molecule has 2 rings (SSSR count). The maximum atomic E-state index is 11.9. The maximum Gasteiger partial charge on any atom is 0.213 e. The molecule has 0 bridgehead atoms. The van der Waals surface area contributed by atoms with Gasteiger partial charge in [-0.15, -0.1) is 24.0 Å². The van der Waals surface area contributed by atoms with E-state index in [0.29, 0.717) is 31.0 Å². The van der Waals surface area contributed by atoms with E-state index in [4.69, 9.17) is 0 Å². The van der Waals surface area contributed by atoms with Crippen LogP contribution in [0.5, 0.6) is 0 Å². The van der Waals surface area contributed by atoms with Crippen molar-refractivity contribution in [3.63, 3.8) is 0 Å². The lowest BCUT2D eigenvalue weighted by molar-refractivity contribution is 0.316. The smallest absolute Gasteiger partial charge is 0.213 e. The Balaban J connectivity index is 0.00000264. The van der Waals surface area contributed by atoms with E-state index < -0.39 is 10.0 Å². The van der Waals surface area contributed by atoms with Gasteiger partial charge in [0.05, 0.1) is 5.75 Å². The molecule has 0 atom stereocenters. The predicted molar refractivity (Wildman–Crippen MR) is 106 cm³/mol. The minimum Gasteiger partial charge on any atom is -0.355 e. The second-order valence-corrected chi connectivity index (χ2v) is 8.37. The van der Waals surface area contributed by atoms with Crippen LogP contribution in [-0.2, 0) is 10.0 Å². The SMILES string of the molecule is CN=C(NCCS(=O)(=O)NCC1CCC1)NC1CCCCC1.I. The minimum atomic E-state index is -3.19. The highest BCUT2D eigenvalue weighted by atomic mass is 127. The fraction of sp³-hybridized carbons (Fsp3) is 0.933. The highest BCUT2D eigenvalue weighted by Gasteiger charge is 2.20. The van der Waals surface area contributed by atoms with Gasteiger partial charge in [-0.1, -0.05) is 25.7 Å². The topological polar surface area (TPSA) is 82.6 Å². The van der Waals surface area contributed by atoms with E-state index in [2.05, 4.69) is 20.3 Å². The first kappa shape index (κ1) is 21.0. The van der Waals surface area contributed by atoms with Crippen molar-refractivity contribution in [2.75, 3.05) is 25.9 Å². The normalized spacial score (nSPS) is 20.5. The zero-order valence-electron chi connectivity index (χ0n) is 14.0. The first-order valence-electron chi connectivity index (χ1n) is 8.53. The minimum absolute atomic E-state index is 0. The molecular formula is C15H31IN4O2S. The lowest BCUT2D eigenvalue weighted by Gasteiger charge is -2.25. The van der Waals surface area contributed by atoms with Gasteiger partial charge in [0, 0.05) is 26.2 Å². The summed E-state index contributed by atoms with van der Waals surface area (Å²) in [7, 11) is -1.46. The van der Waals surface area contributed by atoms with Crippen LogP contribution in [0.25, 0.3) is 0 Å². The monoisotopic (exact) mass is 458 g/mol. The molecule has 8 heteroatoms. The van der Waals surface area contributed by atoms with Gasteiger partial charge in [-0.2, -0.15) is 0 Å². The van der Waals surface area contributed by atoms with Crippen molar-refractivity contribution in [3.05, 3.63) is 0 Å². The molecular weight excluding hydrogens is 427 g/mol. The lowest BCUT2D eigenvalue weighted by Crippen LogP contribution is -2.46. The van der Waals surface area contributed by atoms with Gasteiger partial charge in [0.2, 0.25) is 10.0 Å². The van der Waals surface area contributed by atoms with Gasteiger partial charge >= 0.3 is 0 Å². The maximum absolute atomic E-state index is 11.9. The van der Waals surface area contributed by atoms with Crippen LogP contribution in [0.3, 0.4) is 0 Å². The van der Waals surface area contributed by atoms with Crippen LogP contribution >= 0.6 is 24.0 Å². The summed E-state index contributed by atoms with van der Waals surface area (Å²) in [6, 6.07) is 0.466. The molecule has 3 N–H and O–H groups in total. The molecule has 0 unspecified atom stereocenters. The Hall–Kier alpha value is -0.0900. The molecule has 2 saturated carbocycles. The highest BCUT2D eigenvalue weighted by molar-refractivity contribution is 14.0. The summed E-state index contributed by atoms with van der Waals surface area (Å²) in [4.78, 5) is 4.18. The van der Waals surface area contributed by atoms with Crippen molar-refractivity contribution in [1.29, 1.82) is 0 Å². The molecule has 0 radical (unpaired) electrons. The molecule has 0 saturated heterocycles. The molecule has 2 fully saturated rings. The van der Waals surface area contributed by atoms with Crippen LogP contribution in [0.2, 0.25) is 0 Å². The second-order valence-electron chi connectivity index (χ2n) is 6.44. The summed E-state index contributed by atoms with van der Waals surface area (Å²) in [5.41, 5.74) is 0. The second kappa shape index (κ2) is 10.7. The van der Waals surface area contributed by atoms with Crippen LogP contribution < -0.4 is 15.4 Å². The van der Waals surface area contributed by atoms with Crippen LogP contribution in [0.1, 0.15) is 51.4 Å². The van der Waals surface area contributed by atoms with Gasteiger partial charge in [0.1, 0.15) is 0 Å². The van der Waals surface area contributed by atoms with E-state index in [0.717, 1.165) is 12.8 Å². The predicted octanol–water partition coefficient (Wildman–Crippen LogP) is 1.82. The molecule has 23 heavy (non-hydrogen) atoms. The third-order valence-electron chi connectivity index (χ3n) is 4.65. The summed E-state index contributed by atoms with van der Waals surface area (Å²) in [5, 5.41) is 6.49. The number of sulfonamides is 1. The summed E-state index contributed by atoms with van der Waals surface area (Å²) >= 11 is 0. The molecule has 6 nitrogen and oxygen atoms in total. The van der Waals surface area contributed by atoms with Gasteiger partial charge in [-0.25, -0.2) is 13.1 Å². The third kappa shape index (κ3) is 8.02. The van der Waals surface area contributed by atoms with Gasteiger partial charge in [-0.05, 0) is 31.6 Å². The summed E-state index contributed by atoms with van der Waals surface area (Å²) < 4.78 is 26.6. The van der Waals surface area contributed by atoms with Crippen molar-refractivity contribution in [2.45, 2.75) is 57.4 Å². The zero-order chi connectivity index (χ0) is 15.8.